The molecule has 0 aliphatic heterocycles. The molecule has 2 aromatic heterocycles. The van der Waals surface area contributed by atoms with Gasteiger partial charge in [-0.15, -0.1) is 0 Å². The SMILES string of the molecule is CC(=O)SCC(=O)N(Cc1cccnc1)c1nc2c(Cl)cccc2s1. The lowest BCUT2D eigenvalue weighted by molar-refractivity contribution is -0.116. The summed E-state index contributed by atoms with van der Waals surface area (Å²) >= 11 is 8.58. The van der Waals surface area contributed by atoms with Gasteiger partial charge in [0, 0.05) is 19.3 Å². The second-order valence-electron chi connectivity index (χ2n) is 5.20. The maximum Gasteiger partial charge on any atom is 0.239 e. The zero-order chi connectivity index (χ0) is 17.8. The van der Waals surface area contributed by atoms with E-state index >= 15 is 0 Å². The predicted octanol–water partition coefficient (Wildman–Crippen LogP) is 4.16. The lowest BCUT2D eigenvalue weighted by Crippen LogP contribution is -2.32. The Hall–Kier alpha value is -1.96. The summed E-state index contributed by atoms with van der Waals surface area (Å²) in [5.74, 6) is -0.113. The number of amides is 1. The van der Waals surface area contributed by atoms with Crippen LogP contribution in [-0.2, 0) is 16.1 Å². The fourth-order valence-corrected chi connectivity index (χ4v) is 3.96. The van der Waals surface area contributed by atoms with E-state index in [2.05, 4.69) is 9.97 Å². The van der Waals surface area contributed by atoms with Crippen LogP contribution in [0.1, 0.15) is 12.5 Å². The topological polar surface area (TPSA) is 63.2 Å². The van der Waals surface area contributed by atoms with Crippen LogP contribution in [0, 0.1) is 0 Å². The molecule has 0 saturated heterocycles. The number of anilines is 1. The van der Waals surface area contributed by atoms with E-state index < -0.39 is 0 Å². The van der Waals surface area contributed by atoms with Crippen molar-refractivity contribution >= 4 is 61.1 Å². The maximum atomic E-state index is 12.7. The van der Waals surface area contributed by atoms with Crippen molar-refractivity contribution in [1.82, 2.24) is 9.97 Å². The summed E-state index contributed by atoms with van der Waals surface area (Å²) in [6.07, 6.45) is 3.39. The standard InChI is InChI=1S/C17H14ClN3O2S2/c1-11(22)24-10-15(23)21(9-12-4-3-7-19-8-12)17-20-16-13(18)5-2-6-14(16)25-17/h2-8H,9-10H2,1H3. The third-order valence-corrected chi connectivity index (χ3v) is 5.50. The first kappa shape index (κ1) is 17.8. The number of aromatic nitrogens is 2. The van der Waals surface area contributed by atoms with Gasteiger partial charge in [0.15, 0.2) is 10.2 Å². The minimum Gasteiger partial charge on any atom is -0.288 e. The van der Waals surface area contributed by atoms with Crippen LogP contribution >= 0.6 is 34.7 Å². The minimum absolute atomic E-state index is 0.0687. The van der Waals surface area contributed by atoms with Crippen molar-refractivity contribution < 1.29 is 9.59 Å². The summed E-state index contributed by atoms with van der Waals surface area (Å²) in [5.41, 5.74) is 1.56. The summed E-state index contributed by atoms with van der Waals surface area (Å²) in [5, 5.41) is 1.01. The second-order valence-corrected chi connectivity index (χ2v) is 7.77. The number of carbonyl (C=O) groups is 2. The number of thioether (sulfide) groups is 1. The van der Waals surface area contributed by atoms with Gasteiger partial charge in [-0.3, -0.25) is 19.5 Å². The van der Waals surface area contributed by atoms with Crippen molar-refractivity contribution in [3.8, 4) is 0 Å². The quantitative estimate of drug-likeness (QED) is 0.653. The van der Waals surface area contributed by atoms with Crippen molar-refractivity contribution in [2.75, 3.05) is 10.7 Å². The minimum atomic E-state index is -0.181. The number of nitrogens with zero attached hydrogens (tertiary/aromatic N) is 3. The molecule has 0 radical (unpaired) electrons. The number of hydrogen-bond acceptors (Lipinski definition) is 6. The Balaban J connectivity index is 1.95. The lowest BCUT2D eigenvalue weighted by Gasteiger charge is -2.19. The first-order valence-corrected chi connectivity index (χ1v) is 9.60. The second kappa shape index (κ2) is 7.95. The molecule has 3 rings (SSSR count). The number of thiazole rings is 1. The van der Waals surface area contributed by atoms with Crippen molar-refractivity contribution in [2.45, 2.75) is 13.5 Å². The molecule has 3 aromatic rings. The molecular weight excluding hydrogens is 378 g/mol. The summed E-state index contributed by atoms with van der Waals surface area (Å²) in [6, 6.07) is 9.25. The van der Waals surface area contributed by atoms with Crippen molar-refractivity contribution in [3.05, 3.63) is 53.3 Å². The molecular formula is C17H14ClN3O2S2. The normalized spacial score (nSPS) is 10.8. The molecule has 2 heterocycles. The summed E-state index contributed by atoms with van der Waals surface area (Å²) in [7, 11) is 0. The van der Waals surface area contributed by atoms with Gasteiger partial charge < -0.3 is 0 Å². The molecule has 0 spiro atoms. The number of rotatable bonds is 5. The Kier molecular flexibility index (Phi) is 5.67. The molecule has 8 heteroatoms. The molecule has 128 valence electrons. The first-order chi connectivity index (χ1) is 12.0. The van der Waals surface area contributed by atoms with Crippen molar-refractivity contribution in [2.24, 2.45) is 0 Å². The molecule has 0 aliphatic rings. The Morgan fingerprint density at radius 1 is 1.28 bits per heavy atom. The van der Waals surface area contributed by atoms with Crippen LogP contribution in [0.15, 0.2) is 42.7 Å². The zero-order valence-electron chi connectivity index (χ0n) is 13.3. The third-order valence-electron chi connectivity index (χ3n) is 3.35. The molecule has 0 unspecified atom stereocenters. The van der Waals surface area contributed by atoms with E-state index in [9.17, 15) is 9.59 Å². The van der Waals surface area contributed by atoms with Gasteiger partial charge in [0.05, 0.1) is 22.0 Å². The number of para-hydroxylation sites is 1. The fraction of sp³-hybridized carbons (Fsp3) is 0.176. The molecule has 0 N–H and O–H groups in total. The molecule has 1 amide bonds. The predicted molar refractivity (Wildman–Crippen MR) is 103 cm³/mol. The van der Waals surface area contributed by atoms with Crippen LogP contribution in [0.2, 0.25) is 5.02 Å². The van der Waals surface area contributed by atoms with Crippen LogP contribution in [0.3, 0.4) is 0 Å². The Bertz CT molecular complexity index is 915. The fourth-order valence-electron chi connectivity index (χ4n) is 2.20. The van der Waals surface area contributed by atoms with E-state index in [1.807, 2.05) is 24.3 Å². The van der Waals surface area contributed by atoms with E-state index in [0.717, 1.165) is 22.0 Å². The maximum absolute atomic E-state index is 12.7. The van der Waals surface area contributed by atoms with Crippen LogP contribution in [0.5, 0.6) is 0 Å². The van der Waals surface area contributed by atoms with E-state index in [0.29, 0.717) is 22.2 Å². The van der Waals surface area contributed by atoms with E-state index in [1.165, 1.54) is 18.3 Å². The highest BCUT2D eigenvalue weighted by molar-refractivity contribution is 8.14. The van der Waals surface area contributed by atoms with Gasteiger partial charge in [0.2, 0.25) is 5.91 Å². The molecule has 0 bridgehead atoms. The average Bonchev–Trinajstić information content (AvgIpc) is 3.04. The van der Waals surface area contributed by atoms with Crippen LogP contribution in [0.25, 0.3) is 10.2 Å². The number of benzene rings is 1. The molecule has 1 aromatic carbocycles. The third kappa shape index (κ3) is 4.36. The molecule has 0 aliphatic carbocycles. The van der Waals surface area contributed by atoms with Crippen LogP contribution < -0.4 is 4.90 Å². The number of hydrogen-bond donors (Lipinski definition) is 0. The van der Waals surface area contributed by atoms with Gasteiger partial charge >= 0.3 is 0 Å². The molecule has 5 nitrogen and oxygen atoms in total. The lowest BCUT2D eigenvalue weighted by atomic mass is 10.2. The molecule has 25 heavy (non-hydrogen) atoms. The molecule has 0 atom stereocenters. The van der Waals surface area contributed by atoms with Crippen LogP contribution in [-0.4, -0.2) is 26.7 Å². The average molecular weight is 392 g/mol. The van der Waals surface area contributed by atoms with E-state index in [4.69, 9.17) is 11.6 Å². The number of fused-ring (bicyclic) bond motifs is 1. The Labute approximate surface area is 158 Å². The largest absolute Gasteiger partial charge is 0.288 e. The van der Waals surface area contributed by atoms with Gasteiger partial charge in [-0.05, 0) is 23.8 Å². The van der Waals surface area contributed by atoms with Crippen molar-refractivity contribution in [3.63, 3.8) is 0 Å². The highest BCUT2D eigenvalue weighted by atomic mass is 35.5. The van der Waals surface area contributed by atoms with Gasteiger partial charge in [0.1, 0.15) is 5.52 Å². The molecule has 0 fully saturated rings. The van der Waals surface area contributed by atoms with E-state index in [-0.39, 0.29) is 16.8 Å². The summed E-state index contributed by atoms with van der Waals surface area (Å²) in [6.45, 7) is 1.78. The summed E-state index contributed by atoms with van der Waals surface area (Å²) in [4.78, 5) is 34.1. The van der Waals surface area contributed by atoms with Gasteiger partial charge in [-0.1, -0.05) is 46.8 Å². The van der Waals surface area contributed by atoms with Crippen LogP contribution in [0.4, 0.5) is 5.13 Å². The van der Waals surface area contributed by atoms with E-state index in [1.54, 1.807) is 23.4 Å². The van der Waals surface area contributed by atoms with Gasteiger partial charge in [-0.2, -0.15) is 0 Å². The van der Waals surface area contributed by atoms with Gasteiger partial charge in [0.25, 0.3) is 0 Å². The van der Waals surface area contributed by atoms with Gasteiger partial charge in [-0.25, -0.2) is 4.98 Å². The number of carbonyl (C=O) groups excluding carboxylic acids is 2. The summed E-state index contributed by atoms with van der Waals surface area (Å²) < 4.78 is 0.908. The smallest absolute Gasteiger partial charge is 0.239 e. The highest BCUT2D eigenvalue weighted by Gasteiger charge is 2.21. The highest BCUT2D eigenvalue weighted by Crippen LogP contribution is 2.33. The number of pyridine rings is 1. The first-order valence-electron chi connectivity index (χ1n) is 7.42. The number of halogens is 1. The monoisotopic (exact) mass is 391 g/mol. The zero-order valence-corrected chi connectivity index (χ0v) is 15.7. The van der Waals surface area contributed by atoms with Crippen molar-refractivity contribution in [1.29, 1.82) is 0 Å². The Morgan fingerprint density at radius 3 is 2.80 bits per heavy atom. The Morgan fingerprint density at radius 2 is 2.12 bits per heavy atom. The molecule has 0 saturated carbocycles.